The van der Waals surface area contributed by atoms with Crippen LogP contribution in [0.5, 0.6) is 5.75 Å². The van der Waals surface area contributed by atoms with E-state index < -0.39 is 11.4 Å². The number of benzene rings is 1. The highest BCUT2D eigenvalue weighted by Crippen LogP contribution is 2.50. The van der Waals surface area contributed by atoms with Crippen molar-refractivity contribution in [1.82, 2.24) is 0 Å². The van der Waals surface area contributed by atoms with Gasteiger partial charge in [-0.2, -0.15) is 0 Å². The van der Waals surface area contributed by atoms with Gasteiger partial charge in [-0.1, -0.05) is 11.6 Å². The zero-order chi connectivity index (χ0) is 13.3. The fourth-order valence-electron chi connectivity index (χ4n) is 1.91. The van der Waals surface area contributed by atoms with Crippen molar-refractivity contribution >= 4 is 23.4 Å². The SMILES string of the molecule is COC(=O)C1(C(=O)c2ccc(OC)cc2Cl)CC1. The van der Waals surface area contributed by atoms with Gasteiger partial charge in [0.1, 0.15) is 11.2 Å². The molecule has 1 aromatic rings. The second-order valence-electron chi connectivity index (χ2n) is 4.25. The molecule has 1 saturated carbocycles. The lowest BCUT2D eigenvalue weighted by atomic mass is 9.94. The summed E-state index contributed by atoms with van der Waals surface area (Å²) in [5, 5.41) is 0.287. The third kappa shape index (κ3) is 1.97. The summed E-state index contributed by atoms with van der Waals surface area (Å²) in [6.07, 6.45) is 1.03. The molecule has 0 N–H and O–H groups in total. The fraction of sp³-hybridized carbons (Fsp3) is 0.385. The summed E-state index contributed by atoms with van der Waals surface area (Å²) in [5.74, 6) is -0.194. The van der Waals surface area contributed by atoms with Crippen LogP contribution in [0.4, 0.5) is 0 Å². The summed E-state index contributed by atoms with van der Waals surface area (Å²) in [5.41, 5.74) is -0.687. The molecule has 0 amide bonds. The maximum Gasteiger partial charge on any atom is 0.319 e. The van der Waals surface area contributed by atoms with Crippen LogP contribution in [0.15, 0.2) is 18.2 Å². The first-order chi connectivity index (χ1) is 8.55. The van der Waals surface area contributed by atoms with E-state index in [0.717, 1.165) is 0 Å². The Hall–Kier alpha value is -1.55. The normalized spacial score (nSPS) is 15.9. The first-order valence-corrected chi connectivity index (χ1v) is 5.90. The van der Waals surface area contributed by atoms with E-state index in [0.29, 0.717) is 24.2 Å². The monoisotopic (exact) mass is 268 g/mol. The lowest BCUT2D eigenvalue weighted by Crippen LogP contribution is -2.27. The molecule has 1 aliphatic rings. The topological polar surface area (TPSA) is 52.6 Å². The molecule has 0 aromatic heterocycles. The number of ether oxygens (including phenoxy) is 2. The molecule has 1 aliphatic carbocycles. The summed E-state index contributed by atoms with van der Waals surface area (Å²) < 4.78 is 9.69. The average molecular weight is 269 g/mol. The average Bonchev–Trinajstić information content (AvgIpc) is 3.18. The molecule has 0 spiro atoms. The predicted octanol–water partition coefficient (Wildman–Crippen LogP) is 2.48. The molecule has 0 atom stereocenters. The Balaban J connectivity index is 2.33. The van der Waals surface area contributed by atoms with Crippen molar-refractivity contribution in [2.75, 3.05) is 14.2 Å². The van der Waals surface area contributed by atoms with Crippen molar-refractivity contribution in [3.05, 3.63) is 28.8 Å². The first-order valence-electron chi connectivity index (χ1n) is 5.52. The zero-order valence-electron chi connectivity index (χ0n) is 10.2. The van der Waals surface area contributed by atoms with Crippen LogP contribution in [0.3, 0.4) is 0 Å². The lowest BCUT2D eigenvalue weighted by molar-refractivity contribution is -0.145. The number of halogens is 1. The van der Waals surface area contributed by atoms with Crippen LogP contribution in [0, 0.1) is 5.41 Å². The molecule has 0 heterocycles. The Labute approximate surface area is 110 Å². The number of ketones is 1. The molecular formula is C13H13ClO4. The molecule has 0 unspecified atom stereocenters. The van der Waals surface area contributed by atoms with E-state index in [2.05, 4.69) is 4.74 Å². The van der Waals surface area contributed by atoms with Gasteiger partial charge >= 0.3 is 5.97 Å². The van der Waals surface area contributed by atoms with Crippen molar-refractivity contribution in [3.63, 3.8) is 0 Å². The number of carbonyl (C=O) groups is 2. The van der Waals surface area contributed by atoms with Gasteiger partial charge in [-0.25, -0.2) is 0 Å². The number of methoxy groups -OCH3 is 2. The van der Waals surface area contributed by atoms with Gasteiger partial charge in [0.2, 0.25) is 0 Å². The third-order valence-corrected chi connectivity index (χ3v) is 3.49. The Morgan fingerprint density at radius 3 is 2.39 bits per heavy atom. The van der Waals surface area contributed by atoms with E-state index in [4.69, 9.17) is 16.3 Å². The van der Waals surface area contributed by atoms with Gasteiger partial charge < -0.3 is 9.47 Å². The third-order valence-electron chi connectivity index (χ3n) is 3.18. The maximum atomic E-state index is 12.3. The van der Waals surface area contributed by atoms with Crippen LogP contribution in [0.1, 0.15) is 23.2 Å². The minimum absolute atomic E-state index is 0.276. The van der Waals surface area contributed by atoms with Gasteiger partial charge in [0.15, 0.2) is 5.78 Å². The van der Waals surface area contributed by atoms with E-state index >= 15 is 0 Å². The van der Waals surface area contributed by atoms with Gasteiger partial charge in [-0.3, -0.25) is 9.59 Å². The molecule has 2 rings (SSSR count). The largest absolute Gasteiger partial charge is 0.497 e. The van der Waals surface area contributed by atoms with Gasteiger partial charge in [-0.05, 0) is 31.0 Å². The summed E-state index contributed by atoms with van der Waals surface area (Å²) in [4.78, 5) is 24.0. The second kappa shape index (κ2) is 4.61. The number of hydrogen-bond acceptors (Lipinski definition) is 4. The van der Waals surface area contributed by atoms with Crippen molar-refractivity contribution in [3.8, 4) is 5.75 Å². The van der Waals surface area contributed by atoms with Crippen LogP contribution in [0.25, 0.3) is 0 Å². The van der Waals surface area contributed by atoms with Crippen molar-refractivity contribution in [2.45, 2.75) is 12.8 Å². The van der Waals surface area contributed by atoms with Crippen LogP contribution in [-0.4, -0.2) is 26.0 Å². The standard InChI is InChI=1S/C13H13ClO4/c1-17-8-3-4-9(10(14)7-8)11(15)13(5-6-13)12(16)18-2/h3-4,7H,5-6H2,1-2H3. The smallest absolute Gasteiger partial charge is 0.319 e. The van der Waals surface area contributed by atoms with Crippen molar-refractivity contribution in [1.29, 1.82) is 0 Å². The summed E-state index contributed by atoms with van der Waals surface area (Å²) in [6, 6.07) is 4.78. The molecular weight excluding hydrogens is 256 g/mol. The number of Topliss-reactive ketones (excluding diaryl/α,β-unsaturated/α-hetero) is 1. The first kappa shape index (κ1) is 12.9. The Bertz CT molecular complexity index is 506. The van der Waals surface area contributed by atoms with Crippen LogP contribution in [0.2, 0.25) is 5.02 Å². The minimum Gasteiger partial charge on any atom is -0.497 e. The number of rotatable bonds is 4. The Morgan fingerprint density at radius 2 is 1.94 bits per heavy atom. The number of hydrogen-bond donors (Lipinski definition) is 0. The van der Waals surface area contributed by atoms with E-state index in [1.54, 1.807) is 18.2 Å². The van der Waals surface area contributed by atoms with Crippen LogP contribution in [-0.2, 0) is 9.53 Å². The fourth-order valence-corrected chi connectivity index (χ4v) is 2.17. The quantitative estimate of drug-likeness (QED) is 0.478. The van der Waals surface area contributed by atoms with E-state index in [9.17, 15) is 9.59 Å². The highest BCUT2D eigenvalue weighted by atomic mass is 35.5. The highest BCUT2D eigenvalue weighted by Gasteiger charge is 2.57. The van der Waals surface area contributed by atoms with Gasteiger partial charge in [0.25, 0.3) is 0 Å². The summed E-state index contributed by atoms with van der Waals surface area (Å²) in [7, 11) is 2.80. The molecule has 0 aliphatic heterocycles. The highest BCUT2D eigenvalue weighted by molar-refractivity contribution is 6.35. The molecule has 4 nitrogen and oxygen atoms in total. The number of esters is 1. The van der Waals surface area contributed by atoms with E-state index in [-0.39, 0.29) is 10.8 Å². The van der Waals surface area contributed by atoms with Crippen LogP contribution >= 0.6 is 11.6 Å². The lowest BCUT2D eigenvalue weighted by Gasteiger charge is -2.12. The molecule has 5 heteroatoms. The molecule has 18 heavy (non-hydrogen) atoms. The van der Waals surface area contributed by atoms with Gasteiger partial charge in [0.05, 0.1) is 19.2 Å². The summed E-state index contributed by atoms with van der Waals surface area (Å²) >= 11 is 6.03. The van der Waals surface area contributed by atoms with Gasteiger partial charge in [0, 0.05) is 5.56 Å². The molecule has 1 aromatic carbocycles. The van der Waals surface area contributed by atoms with Crippen molar-refractivity contribution < 1.29 is 19.1 Å². The van der Waals surface area contributed by atoms with E-state index in [1.807, 2.05) is 0 Å². The Kier molecular flexibility index (Phi) is 3.30. The molecule has 96 valence electrons. The Morgan fingerprint density at radius 1 is 1.28 bits per heavy atom. The summed E-state index contributed by atoms with van der Waals surface area (Å²) in [6.45, 7) is 0. The molecule has 0 radical (unpaired) electrons. The van der Waals surface area contributed by atoms with Crippen molar-refractivity contribution in [2.24, 2.45) is 5.41 Å². The second-order valence-corrected chi connectivity index (χ2v) is 4.66. The maximum absolute atomic E-state index is 12.3. The number of carbonyl (C=O) groups excluding carboxylic acids is 2. The zero-order valence-corrected chi connectivity index (χ0v) is 10.9. The minimum atomic E-state index is -1.02. The van der Waals surface area contributed by atoms with E-state index in [1.165, 1.54) is 14.2 Å². The van der Waals surface area contributed by atoms with Crippen LogP contribution < -0.4 is 4.74 Å². The van der Waals surface area contributed by atoms with Gasteiger partial charge in [-0.15, -0.1) is 0 Å². The molecule has 0 bridgehead atoms. The predicted molar refractivity (Wildman–Crippen MR) is 66.0 cm³/mol. The molecule has 1 fully saturated rings. The molecule has 0 saturated heterocycles.